The van der Waals surface area contributed by atoms with Gasteiger partial charge in [-0.1, -0.05) is 17.7 Å². The number of benzene rings is 1. The molecule has 2 aliphatic heterocycles. The summed E-state index contributed by atoms with van der Waals surface area (Å²) in [6.07, 6.45) is 3.51. The highest BCUT2D eigenvalue weighted by atomic mass is 16.2. The summed E-state index contributed by atoms with van der Waals surface area (Å²) < 4.78 is 0. The van der Waals surface area contributed by atoms with Crippen LogP contribution in [0.1, 0.15) is 41.6 Å². The number of aryl methyl sites for hydroxylation is 1. The molecule has 0 aliphatic carbocycles. The molecule has 21 heavy (non-hydrogen) atoms. The largest absolute Gasteiger partial charge is 0.356 e. The van der Waals surface area contributed by atoms with Crippen molar-refractivity contribution >= 4 is 11.8 Å². The first-order valence-corrected chi connectivity index (χ1v) is 7.75. The summed E-state index contributed by atoms with van der Waals surface area (Å²) >= 11 is 0. The molecule has 4 heteroatoms. The van der Waals surface area contributed by atoms with Crippen molar-refractivity contribution in [2.45, 2.75) is 32.6 Å². The van der Waals surface area contributed by atoms with Gasteiger partial charge in [0.2, 0.25) is 5.91 Å². The van der Waals surface area contributed by atoms with Crippen LogP contribution >= 0.6 is 0 Å². The molecule has 0 bridgehead atoms. The smallest absolute Gasteiger partial charge is 0.253 e. The first kappa shape index (κ1) is 14.1. The van der Waals surface area contributed by atoms with Gasteiger partial charge in [-0.25, -0.2) is 0 Å². The zero-order valence-electron chi connectivity index (χ0n) is 12.5. The second-order valence-electron chi connectivity index (χ2n) is 6.30. The summed E-state index contributed by atoms with van der Waals surface area (Å²) in [4.78, 5) is 26.6. The third-order valence-electron chi connectivity index (χ3n) is 4.87. The van der Waals surface area contributed by atoms with Crippen molar-refractivity contribution in [2.75, 3.05) is 19.6 Å². The molecular weight excluding hydrogens is 264 g/mol. The maximum Gasteiger partial charge on any atom is 0.253 e. The van der Waals surface area contributed by atoms with Gasteiger partial charge in [0.05, 0.1) is 5.41 Å². The average Bonchev–Trinajstić information content (AvgIpc) is 2.71. The predicted octanol–water partition coefficient (Wildman–Crippen LogP) is 2.13. The van der Waals surface area contributed by atoms with Crippen LogP contribution < -0.4 is 5.32 Å². The first-order chi connectivity index (χ1) is 10.1. The topological polar surface area (TPSA) is 49.4 Å². The fraction of sp³-hybridized carbons (Fsp3) is 0.529. The van der Waals surface area contributed by atoms with Gasteiger partial charge >= 0.3 is 0 Å². The standard InChI is InChI=1S/C17H22N2O2/c1-13-4-2-5-14(12-13)15(20)19-10-3-6-17(8-11-19)7-9-18-16(17)21/h2,4-5,12H,3,6-11H2,1H3,(H,18,21). The first-order valence-electron chi connectivity index (χ1n) is 7.75. The Morgan fingerprint density at radius 1 is 1.24 bits per heavy atom. The number of likely N-dealkylation sites (tertiary alicyclic amines) is 1. The van der Waals surface area contributed by atoms with Gasteiger partial charge in [-0.3, -0.25) is 9.59 Å². The number of amides is 2. The van der Waals surface area contributed by atoms with Crippen molar-refractivity contribution in [3.8, 4) is 0 Å². The summed E-state index contributed by atoms with van der Waals surface area (Å²) in [6.45, 7) is 4.21. The Balaban J connectivity index is 1.73. The van der Waals surface area contributed by atoms with Gasteiger partial charge in [-0.05, 0) is 44.7 Å². The van der Waals surface area contributed by atoms with E-state index in [1.54, 1.807) is 0 Å². The van der Waals surface area contributed by atoms with Crippen LogP contribution in [0, 0.1) is 12.3 Å². The van der Waals surface area contributed by atoms with E-state index in [1.165, 1.54) is 0 Å². The van der Waals surface area contributed by atoms with E-state index in [-0.39, 0.29) is 17.2 Å². The molecule has 1 atom stereocenters. The SMILES string of the molecule is Cc1cccc(C(=O)N2CCCC3(CCNC3=O)CC2)c1. The molecule has 4 nitrogen and oxygen atoms in total. The zero-order valence-corrected chi connectivity index (χ0v) is 12.5. The minimum Gasteiger partial charge on any atom is -0.356 e. The molecular formula is C17H22N2O2. The van der Waals surface area contributed by atoms with Gasteiger partial charge in [0.25, 0.3) is 5.91 Å². The number of nitrogens with one attached hydrogen (secondary N) is 1. The van der Waals surface area contributed by atoms with E-state index >= 15 is 0 Å². The van der Waals surface area contributed by atoms with Crippen molar-refractivity contribution in [2.24, 2.45) is 5.41 Å². The maximum atomic E-state index is 12.6. The molecule has 0 radical (unpaired) electrons. The third-order valence-corrected chi connectivity index (χ3v) is 4.87. The van der Waals surface area contributed by atoms with Crippen LogP contribution in [-0.4, -0.2) is 36.3 Å². The Labute approximate surface area is 125 Å². The number of hydrogen-bond donors (Lipinski definition) is 1. The lowest BCUT2D eigenvalue weighted by Gasteiger charge is -2.24. The van der Waals surface area contributed by atoms with Crippen LogP contribution in [0.2, 0.25) is 0 Å². The number of nitrogens with zero attached hydrogens (tertiary/aromatic N) is 1. The average molecular weight is 286 g/mol. The molecule has 112 valence electrons. The van der Waals surface area contributed by atoms with Crippen molar-refractivity contribution in [3.05, 3.63) is 35.4 Å². The van der Waals surface area contributed by atoms with Crippen molar-refractivity contribution in [1.29, 1.82) is 0 Å². The predicted molar refractivity (Wildman–Crippen MR) is 81.0 cm³/mol. The summed E-state index contributed by atoms with van der Waals surface area (Å²) in [5.41, 5.74) is 1.63. The molecule has 2 aliphatic rings. The molecule has 1 N–H and O–H groups in total. The highest BCUT2D eigenvalue weighted by Crippen LogP contribution is 2.38. The van der Waals surface area contributed by atoms with Gasteiger partial charge in [0.15, 0.2) is 0 Å². The molecule has 1 aromatic carbocycles. The van der Waals surface area contributed by atoms with Crippen LogP contribution in [0.3, 0.4) is 0 Å². The van der Waals surface area contributed by atoms with Gasteiger partial charge in [-0.2, -0.15) is 0 Å². The zero-order chi connectivity index (χ0) is 14.9. The number of carbonyl (C=O) groups is 2. The second kappa shape index (κ2) is 5.51. The van der Waals surface area contributed by atoms with Crippen molar-refractivity contribution in [1.82, 2.24) is 10.2 Å². The van der Waals surface area contributed by atoms with Gasteiger partial charge in [0.1, 0.15) is 0 Å². The van der Waals surface area contributed by atoms with Gasteiger partial charge in [0, 0.05) is 25.2 Å². The number of carbonyl (C=O) groups excluding carboxylic acids is 2. The highest BCUT2D eigenvalue weighted by Gasteiger charge is 2.43. The molecule has 2 heterocycles. The van der Waals surface area contributed by atoms with Crippen LogP contribution in [0.25, 0.3) is 0 Å². The quantitative estimate of drug-likeness (QED) is 0.860. The summed E-state index contributed by atoms with van der Waals surface area (Å²) in [5, 5.41) is 2.95. The maximum absolute atomic E-state index is 12.6. The van der Waals surface area contributed by atoms with E-state index in [1.807, 2.05) is 36.1 Å². The molecule has 2 amide bonds. The fourth-order valence-electron chi connectivity index (χ4n) is 3.55. The summed E-state index contributed by atoms with van der Waals surface area (Å²) in [6, 6.07) is 7.73. The number of hydrogen-bond acceptors (Lipinski definition) is 2. The molecule has 1 unspecified atom stereocenters. The minimum absolute atomic E-state index is 0.0918. The Morgan fingerprint density at radius 3 is 2.81 bits per heavy atom. The Kier molecular flexibility index (Phi) is 3.70. The lowest BCUT2D eigenvalue weighted by molar-refractivity contribution is -0.128. The molecule has 0 aromatic heterocycles. The van der Waals surface area contributed by atoms with E-state index in [0.29, 0.717) is 6.54 Å². The van der Waals surface area contributed by atoms with E-state index in [4.69, 9.17) is 0 Å². The molecule has 3 rings (SSSR count). The van der Waals surface area contributed by atoms with E-state index in [9.17, 15) is 9.59 Å². The normalized spacial score (nSPS) is 25.8. The minimum atomic E-state index is -0.221. The van der Waals surface area contributed by atoms with Gasteiger partial charge < -0.3 is 10.2 Å². The molecule has 2 saturated heterocycles. The monoisotopic (exact) mass is 286 g/mol. The Morgan fingerprint density at radius 2 is 2.10 bits per heavy atom. The molecule has 2 fully saturated rings. The molecule has 0 saturated carbocycles. The summed E-state index contributed by atoms with van der Waals surface area (Å²) in [5.74, 6) is 0.279. The Hall–Kier alpha value is -1.84. The van der Waals surface area contributed by atoms with Crippen LogP contribution in [0.15, 0.2) is 24.3 Å². The Bertz CT molecular complexity index is 570. The molecule has 1 spiro atoms. The van der Waals surface area contributed by atoms with Crippen LogP contribution in [0.5, 0.6) is 0 Å². The fourth-order valence-corrected chi connectivity index (χ4v) is 3.55. The molecule has 1 aromatic rings. The highest BCUT2D eigenvalue weighted by molar-refractivity contribution is 5.94. The van der Waals surface area contributed by atoms with Crippen molar-refractivity contribution < 1.29 is 9.59 Å². The lowest BCUT2D eigenvalue weighted by atomic mass is 9.79. The third kappa shape index (κ3) is 2.67. The van der Waals surface area contributed by atoms with Gasteiger partial charge in [-0.15, -0.1) is 0 Å². The number of rotatable bonds is 1. The summed E-state index contributed by atoms with van der Waals surface area (Å²) in [7, 11) is 0. The second-order valence-corrected chi connectivity index (χ2v) is 6.30. The van der Waals surface area contributed by atoms with E-state index in [2.05, 4.69) is 5.32 Å². The van der Waals surface area contributed by atoms with Crippen molar-refractivity contribution in [3.63, 3.8) is 0 Å². The lowest BCUT2D eigenvalue weighted by Crippen LogP contribution is -2.35. The van der Waals surface area contributed by atoms with Crippen LogP contribution in [-0.2, 0) is 4.79 Å². The van der Waals surface area contributed by atoms with E-state index in [0.717, 1.165) is 49.9 Å². The van der Waals surface area contributed by atoms with Crippen LogP contribution in [0.4, 0.5) is 0 Å². The van der Waals surface area contributed by atoms with E-state index < -0.39 is 0 Å².